The van der Waals surface area contributed by atoms with Gasteiger partial charge in [-0.25, -0.2) is 0 Å². The van der Waals surface area contributed by atoms with Crippen molar-refractivity contribution >= 4 is 17.3 Å². The summed E-state index contributed by atoms with van der Waals surface area (Å²) in [7, 11) is 0. The smallest absolute Gasteiger partial charge is 0.0635 e. The van der Waals surface area contributed by atoms with Crippen LogP contribution in [0.5, 0.6) is 0 Å². The van der Waals surface area contributed by atoms with E-state index in [1.165, 1.54) is 12.8 Å². The third kappa shape index (κ3) is 2.40. The van der Waals surface area contributed by atoms with Crippen molar-refractivity contribution in [3.63, 3.8) is 0 Å². The summed E-state index contributed by atoms with van der Waals surface area (Å²) < 4.78 is 0. The number of anilines is 1. The number of hydrogen-bond donors (Lipinski definition) is 2. The van der Waals surface area contributed by atoms with Gasteiger partial charge in [0.25, 0.3) is 0 Å². The summed E-state index contributed by atoms with van der Waals surface area (Å²) in [6, 6.07) is 7.79. The molecule has 0 aromatic heterocycles. The van der Waals surface area contributed by atoms with E-state index in [4.69, 9.17) is 16.7 Å². The van der Waals surface area contributed by atoms with Crippen LogP contribution in [0.15, 0.2) is 24.3 Å². The van der Waals surface area contributed by atoms with Gasteiger partial charge in [-0.05, 0) is 43.0 Å². The Morgan fingerprint density at radius 1 is 1.36 bits per heavy atom. The molecule has 0 bridgehead atoms. The monoisotopic (exact) mass is 211 g/mol. The summed E-state index contributed by atoms with van der Waals surface area (Å²) in [6.45, 7) is 0.202. The molecule has 0 heterocycles. The van der Waals surface area contributed by atoms with Gasteiger partial charge < -0.3 is 10.4 Å². The Bertz CT molecular complexity index is 295. The number of aliphatic hydroxyl groups excluding tert-OH is 1. The van der Waals surface area contributed by atoms with Gasteiger partial charge in [-0.1, -0.05) is 11.6 Å². The molecule has 1 fully saturated rings. The molecule has 0 aliphatic heterocycles. The van der Waals surface area contributed by atoms with E-state index in [0.29, 0.717) is 5.92 Å². The predicted molar refractivity (Wildman–Crippen MR) is 58.7 cm³/mol. The molecule has 76 valence electrons. The number of halogens is 1. The van der Waals surface area contributed by atoms with Gasteiger partial charge in [-0.3, -0.25) is 0 Å². The van der Waals surface area contributed by atoms with E-state index in [2.05, 4.69) is 5.32 Å². The first-order valence-corrected chi connectivity index (χ1v) is 5.30. The molecule has 1 aliphatic rings. The zero-order valence-electron chi connectivity index (χ0n) is 7.91. The molecular formula is C11H14ClNO. The first kappa shape index (κ1) is 9.81. The van der Waals surface area contributed by atoms with Crippen molar-refractivity contribution in [3.05, 3.63) is 29.3 Å². The second-order valence-electron chi connectivity index (χ2n) is 3.78. The number of rotatable bonds is 4. The van der Waals surface area contributed by atoms with Crippen LogP contribution in [-0.4, -0.2) is 17.8 Å². The van der Waals surface area contributed by atoms with Gasteiger partial charge in [0.2, 0.25) is 0 Å². The van der Waals surface area contributed by atoms with Crippen LogP contribution in [0, 0.1) is 5.92 Å². The van der Waals surface area contributed by atoms with Crippen molar-refractivity contribution in [1.82, 2.24) is 0 Å². The molecular weight excluding hydrogens is 198 g/mol. The summed E-state index contributed by atoms with van der Waals surface area (Å²) in [5, 5.41) is 13.2. The molecule has 1 aromatic carbocycles. The minimum absolute atomic E-state index is 0.202. The molecule has 2 rings (SSSR count). The molecule has 14 heavy (non-hydrogen) atoms. The molecule has 2 N–H and O–H groups in total. The van der Waals surface area contributed by atoms with Crippen molar-refractivity contribution in [2.24, 2.45) is 5.92 Å². The van der Waals surface area contributed by atoms with Crippen molar-refractivity contribution in [2.45, 2.75) is 18.9 Å². The second-order valence-corrected chi connectivity index (χ2v) is 4.21. The fourth-order valence-corrected chi connectivity index (χ4v) is 1.70. The summed E-state index contributed by atoms with van der Waals surface area (Å²) in [5.74, 6) is 0.649. The topological polar surface area (TPSA) is 32.3 Å². The molecule has 1 aliphatic carbocycles. The minimum Gasteiger partial charge on any atom is -0.394 e. The largest absolute Gasteiger partial charge is 0.394 e. The summed E-state index contributed by atoms with van der Waals surface area (Å²) in [5.41, 5.74) is 1.03. The maximum Gasteiger partial charge on any atom is 0.0635 e. The van der Waals surface area contributed by atoms with Crippen LogP contribution in [0.1, 0.15) is 12.8 Å². The van der Waals surface area contributed by atoms with Crippen molar-refractivity contribution in [3.8, 4) is 0 Å². The molecule has 1 atom stereocenters. The second kappa shape index (κ2) is 4.20. The average Bonchev–Trinajstić information content (AvgIpc) is 3.01. The van der Waals surface area contributed by atoms with E-state index in [-0.39, 0.29) is 12.6 Å². The standard InChI is InChI=1S/C11H14ClNO/c12-9-3-5-10(6-4-9)13-11(7-14)8-1-2-8/h3-6,8,11,13-14H,1-2,7H2. The Morgan fingerprint density at radius 2 is 2.00 bits per heavy atom. The van der Waals surface area contributed by atoms with E-state index in [1.807, 2.05) is 24.3 Å². The lowest BCUT2D eigenvalue weighted by atomic mass is 10.2. The van der Waals surface area contributed by atoms with E-state index in [0.717, 1.165) is 10.7 Å². The Kier molecular flexibility index (Phi) is 2.94. The van der Waals surface area contributed by atoms with Gasteiger partial charge in [0.1, 0.15) is 0 Å². The Labute approximate surface area is 88.9 Å². The van der Waals surface area contributed by atoms with Crippen LogP contribution in [0.25, 0.3) is 0 Å². The first-order valence-electron chi connectivity index (χ1n) is 4.92. The number of nitrogens with one attached hydrogen (secondary N) is 1. The van der Waals surface area contributed by atoms with Gasteiger partial charge in [0.15, 0.2) is 0 Å². The van der Waals surface area contributed by atoms with Crippen molar-refractivity contribution in [2.75, 3.05) is 11.9 Å². The van der Waals surface area contributed by atoms with Gasteiger partial charge in [-0.15, -0.1) is 0 Å². The van der Waals surface area contributed by atoms with Crippen molar-refractivity contribution in [1.29, 1.82) is 0 Å². The normalized spacial score (nSPS) is 17.9. The van der Waals surface area contributed by atoms with Crippen molar-refractivity contribution < 1.29 is 5.11 Å². The van der Waals surface area contributed by atoms with Crippen LogP contribution < -0.4 is 5.32 Å². The highest BCUT2D eigenvalue weighted by Crippen LogP contribution is 2.34. The van der Waals surface area contributed by atoms with E-state index >= 15 is 0 Å². The van der Waals surface area contributed by atoms with Crippen LogP contribution >= 0.6 is 11.6 Å². The van der Waals surface area contributed by atoms with Crippen LogP contribution in [0.3, 0.4) is 0 Å². The van der Waals surface area contributed by atoms with E-state index in [1.54, 1.807) is 0 Å². The lowest BCUT2D eigenvalue weighted by Gasteiger charge is -2.16. The fraction of sp³-hybridized carbons (Fsp3) is 0.455. The molecule has 3 heteroatoms. The number of hydrogen-bond acceptors (Lipinski definition) is 2. The zero-order valence-corrected chi connectivity index (χ0v) is 8.67. The molecule has 1 aromatic rings. The quantitative estimate of drug-likeness (QED) is 0.802. The van der Waals surface area contributed by atoms with Gasteiger partial charge in [0, 0.05) is 10.7 Å². The highest BCUT2D eigenvalue weighted by Gasteiger charge is 2.30. The average molecular weight is 212 g/mol. The highest BCUT2D eigenvalue weighted by atomic mass is 35.5. The molecule has 0 saturated heterocycles. The minimum atomic E-state index is 0.202. The Morgan fingerprint density at radius 3 is 2.50 bits per heavy atom. The third-order valence-corrected chi connectivity index (χ3v) is 2.84. The van der Waals surface area contributed by atoms with Crippen LogP contribution in [-0.2, 0) is 0 Å². The summed E-state index contributed by atoms with van der Waals surface area (Å²) >= 11 is 5.78. The molecule has 0 spiro atoms. The predicted octanol–water partition coefficient (Wildman–Crippen LogP) is 2.52. The van der Waals surface area contributed by atoms with Gasteiger partial charge >= 0.3 is 0 Å². The maximum atomic E-state index is 9.16. The summed E-state index contributed by atoms with van der Waals surface area (Å²) in [6.07, 6.45) is 2.46. The number of benzene rings is 1. The van der Waals surface area contributed by atoms with E-state index < -0.39 is 0 Å². The lowest BCUT2D eigenvalue weighted by molar-refractivity contribution is 0.263. The zero-order chi connectivity index (χ0) is 9.97. The summed E-state index contributed by atoms with van der Waals surface area (Å²) in [4.78, 5) is 0. The molecule has 1 unspecified atom stereocenters. The van der Waals surface area contributed by atoms with Gasteiger partial charge in [-0.2, -0.15) is 0 Å². The third-order valence-electron chi connectivity index (χ3n) is 2.58. The van der Waals surface area contributed by atoms with Crippen LogP contribution in [0.2, 0.25) is 5.02 Å². The van der Waals surface area contributed by atoms with Crippen LogP contribution in [0.4, 0.5) is 5.69 Å². The molecule has 0 radical (unpaired) electrons. The Balaban J connectivity index is 1.98. The molecule has 2 nitrogen and oxygen atoms in total. The SMILES string of the molecule is OCC(Nc1ccc(Cl)cc1)C1CC1. The Hall–Kier alpha value is -0.730. The molecule has 1 saturated carbocycles. The lowest BCUT2D eigenvalue weighted by Crippen LogP contribution is -2.25. The number of aliphatic hydroxyl groups is 1. The van der Waals surface area contributed by atoms with E-state index in [9.17, 15) is 0 Å². The van der Waals surface area contributed by atoms with Gasteiger partial charge in [0.05, 0.1) is 12.6 Å². The fourth-order valence-electron chi connectivity index (χ4n) is 1.57. The highest BCUT2D eigenvalue weighted by molar-refractivity contribution is 6.30. The first-order chi connectivity index (χ1) is 6.79. The maximum absolute atomic E-state index is 9.16. The molecule has 0 amide bonds.